The van der Waals surface area contributed by atoms with Gasteiger partial charge in [0.05, 0.1) is 0 Å². The lowest BCUT2D eigenvalue weighted by Crippen LogP contribution is -2.32. The lowest BCUT2D eigenvalue weighted by molar-refractivity contribution is -0.138. The average Bonchev–Trinajstić information content (AvgIpc) is 2.71. The fourth-order valence-electron chi connectivity index (χ4n) is 3.59. The number of hydrogen-bond donors (Lipinski definition) is 3. The van der Waals surface area contributed by atoms with Gasteiger partial charge >= 0.3 is 5.97 Å². The van der Waals surface area contributed by atoms with Gasteiger partial charge in [-0.05, 0) is 65.1 Å². The molecule has 0 bridgehead atoms. The van der Waals surface area contributed by atoms with Crippen LogP contribution in [-0.2, 0) is 11.2 Å². The highest BCUT2D eigenvalue weighted by Gasteiger charge is 2.16. The number of anilines is 2. The first-order valence-electron chi connectivity index (χ1n) is 10.0. The number of nitrogens with zero attached hydrogens (tertiary/aromatic N) is 1. The minimum atomic E-state index is -0.982. The SMILES string of the molecule is CC(C)c1ccc(NSc2cccc3c(N(C)C)cccc23)cc1CC(N)C(=O)O. The predicted octanol–water partition coefficient (Wildman–Crippen LogP) is 5.10. The van der Waals surface area contributed by atoms with E-state index in [2.05, 4.69) is 65.9 Å². The quantitative estimate of drug-likeness (QED) is 0.437. The molecule has 0 saturated heterocycles. The Hall–Kier alpha value is -2.70. The Kier molecular flexibility index (Phi) is 6.90. The molecule has 0 aliphatic carbocycles. The summed E-state index contributed by atoms with van der Waals surface area (Å²) in [6.07, 6.45) is 0.309. The standard InChI is InChI=1S/C24H29N3O2S/c1-15(2)18-12-11-17(13-16(18)14-21(25)24(28)29)26-30-23-10-6-7-19-20(23)8-5-9-22(19)27(3)4/h5-13,15,21,26H,14,25H2,1-4H3,(H,28,29). The van der Waals surface area contributed by atoms with Crippen LogP contribution in [0.2, 0.25) is 0 Å². The van der Waals surface area contributed by atoms with Crippen molar-refractivity contribution in [1.82, 2.24) is 0 Å². The van der Waals surface area contributed by atoms with Crippen molar-refractivity contribution >= 4 is 40.1 Å². The molecule has 5 nitrogen and oxygen atoms in total. The highest BCUT2D eigenvalue weighted by Crippen LogP contribution is 2.34. The highest BCUT2D eigenvalue weighted by molar-refractivity contribution is 8.00. The van der Waals surface area contributed by atoms with Gasteiger partial charge in [-0.25, -0.2) is 0 Å². The van der Waals surface area contributed by atoms with Crippen LogP contribution in [-0.4, -0.2) is 31.2 Å². The molecule has 3 rings (SSSR count). The third-order valence-corrected chi connectivity index (χ3v) is 6.06. The Morgan fingerprint density at radius 1 is 1.10 bits per heavy atom. The zero-order valence-corrected chi connectivity index (χ0v) is 18.7. The molecule has 1 unspecified atom stereocenters. The van der Waals surface area contributed by atoms with Crippen molar-refractivity contribution in [3.05, 3.63) is 65.7 Å². The van der Waals surface area contributed by atoms with Crippen LogP contribution in [0.25, 0.3) is 10.8 Å². The smallest absolute Gasteiger partial charge is 0.320 e. The van der Waals surface area contributed by atoms with Crippen molar-refractivity contribution in [2.75, 3.05) is 23.7 Å². The second-order valence-corrected chi connectivity index (χ2v) is 8.79. The summed E-state index contributed by atoms with van der Waals surface area (Å²) in [6.45, 7) is 4.21. The lowest BCUT2D eigenvalue weighted by atomic mass is 9.93. The summed E-state index contributed by atoms with van der Waals surface area (Å²) in [5, 5.41) is 11.6. The van der Waals surface area contributed by atoms with Gasteiger partial charge in [0, 0.05) is 35.8 Å². The zero-order valence-electron chi connectivity index (χ0n) is 17.8. The molecule has 0 fully saturated rings. The Balaban J connectivity index is 1.87. The number of rotatable bonds is 8. The minimum Gasteiger partial charge on any atom is -0.480 e. The van der Waals surface area contributed by atoms with Gasteiger partial charge in [0.15, 0.2) is 0 Å². The number of carboxylic acid groups (broad SMARTS) is 1. The molecule has 0 heterocycles. The van der Waals surface area contributed by atoms with Gasteiger partial charge in [-0.15, -0.1) is 0 Å². The fourth-order valence-corrected chi connectivity index (χ4v) is 4.38. The molecule has 0 radical (unpaired) electrons. The molecule has 4 N–H and O–H groups in total. The van der Waals surface area contributed by atoms with E-state index >= 15 is 0 Å². The molecule has 158 valence electrons. The van der Waals surface area contributed by atoms with Crippen LogP contribution in [0.5, 0.6) is 0 Å². The minimum absolute atomic E-state index is 0.296. The third-order valence-electron chi connectivity index (χ3n) is 5.14. The van der Waals surface area contributed by atoms with E-state index < -0.39 is 12.0 Å². The molecule has 30 heavy (non-hydrogen) atoms. The molecule has 3 aromatic carbocycles. The van der Waals surface area contributed by atoms with Gasteiger partial charge in [0.2, 0.25) is 0 Å². The molecule has 0 aliphatic rings. The third kappa shape index (κ3) is 4.89. The van der Waals surface area contributed by atoms with E-state index in [-0.39, 0.29) is 0 Å². The Labute approximate surface area is 182 Å². The monoisotopic (exact) mass is 423 g/mol. The molecular formula is C24H29N3O2S. The topological polar surface area (TPSA) is 78.6 Å². The van der Waals surface area contributed by atoms with Gasteiger partial charge in [0.25, 0.3) is 0 Å². The molecule has 0 aliphatic heterocycles. The molecule has 3 aromatic rings. The van der Waals surface area contributed by atoms with E-state index in [1.54, 1.807) is 11.9 Å². The summed E-state index contributed by atoms with van der Waals surface area (Å²) in [5.41, 5.74) is 10.0. The second-order valence-electron chi connectivity index (χ2n) is 7.94. The first-order valence-corrected chi connectivity index (χ1v) is 10.8. The van der Waals surface area contributed by atoms with Gasteiger partial charge in [-0.3, -0.25) is 4.79 Å². The first-order chi connectivity index (χ1) is 14.3. The summed E-state index contributed by atoms with van der Waals surface area (Å²) in [7, 11) is 4.10. The summed E-state index contributed by atoms with van der Waals surface area (Å²) in [5.74, 6) is -0.685. The van der Waals surface area contributed by atoms with Gasteiger partial charge < -0.3 is 20.5 Å². The van der Waals surface area contributed by atoms with Crippen molar-refractivity contribution in [2.24, 2.45) is 5.73 Å². The number of carbonyl (C=O) groups is 1. The maximum absolute atomic E-state index is 11.2. The number of hydrogen-bond acceptors (Lipinski definition) is 5. The largest absolute Gasteiger partial charge is 0.480 e. The van der Waals surface area contributed by atoms with Crippen LogP contribution in [0.15, 0.2) is 59.5 Å². The van der Waals surface area contributed by atoms with E-state index in [0.717, 1.165) is 21.7 Å². The Morgan fingerprint density at radius 3 is 2.47 bits per heavy atom. The average molecular weight is 424 g/mol. The molecule has 1 atom stereocenters. The van der Waals surface area contributed by atoms with Crippen molar-refractivity contribution in [1.29, 1.82) is 0 Å². The number of fused-ring (bicyclic) bond motifs is 1. The fraction of sp³-hybridized carbons (Fsp3) is 0.292. The van der Waals surface area contributed by atoms with Crippen LogP contribution in [0.4, 0.5) is 11.4 Å². The predicted molar refractivity (Wildman–Crippen MR) is 128 cm³/mol. The maximum atomic E-state index is 11.2. The molecule has 0 aromatic heterocycles. The van der Waals surface area contributed by atoms with Gasteiger partial charge in [0.1, 0.15) is 6.04 Å². The normalized spacial score (nSPS) is 12.2. The van der Waals surface area contributed by atoms with Crippen LogP contribution < -0.4 is 15.4 Å². The van der Waals surface area contributed by atoms with E-state index in [9.17, 15) is 9.90 Å². The number of carboxylic acids is 1. The van der Waals surface area contributed by atoms with E-state index in [1.165, 1.54) is 16.5 Å². The molecular weight excluding hydrogens is 394 g/mol. The number of aliphatic carboxylic acids is 1. The van der Waals surface area contributed by atoms with Crippen molar-refractivity contribution in [3.63, 3.8) is 0 Å². The van der Waals surface area contributed by atoms with Crippen LogP contribution >= 0.6 is 11.9 Å². The van der Waals surface area contributed by atoms with E-state index in [4.69, 9.17) is 5.73 Å². The lowest BCUT2D eigenvalue weighted by Gasteiger charge is -2.18. The summed E-state index contributed by atoms with van der Waals surface area (Å²) < 4.78 is 3.43. The molecule has 0 saturated carbocycles. The van der Waals surface area contributed by atoms with Gasteiger partial charge in [-0.1, -0.05) is 44.2 Å². The number of nitrogens with two attached hydrogens (primary N) is 1. The Bertz CT molecular complexity index is 1050. The molecule has 0 amide bonds. The van der Waals surface area contributed by atoms with Gasteiger partial charge in [-0.2, -0.15) is 0 Å². The van der Waals surface area contributed by atoms with Crippen LogP contribution in [0.3, 0.4) is 0 Å². The van der Waals surface area contributed by atoms with E-state index in [1.807, 2.05) is 26.2 Å². The number of benzene rings is 3. The summed E-state index contributed by atoms with van der Waals surface area (Å²) >= 11 is 1.56. The number of nitrogens with one attached hydrogen (secondary N) is 1. The molecule has 6 heteroatoms. The van der Waals surface area contributed by atoms with E-state index in [0.29, 0.717) is 12.3 Å². The maximum Gasteiger partial charge on any atom is 0.320 e. The van der Waals surface area contributed by atoms with Crippen LogP contribution in [0.1, 0.15) is 30.9 Å². The Morgan fingerprint density at radius 2 is 1.80 bits per heavy atom. The summed E-state index contributed by atoms with van der Waals surface area (Å²) in [6, 6.07) is 17.8. The second kappa shape index (κ2) is 9.41. The van der Waals surface area contributed by atoms with Crippen LogP contribution in [0, 0.1) is 0 Å². The summed E-state index contributed by atoms with van der Waals surface area (Å²) in [4.78, 5) is 14.5. The molecule has 0 spiro atoms. The first kappa shape index (κ1) is 22.0. The highest BCUT2D eigenvalue weighted by atomic mass is 32.2. The zero-order chi connectivity index (χ0) is 21.8. The van der Waals surface area contributed by atoms with Crippen molar-refractivity contribution in [3.8, 4) is 0 Å². The van der Waals surface area contributed by atoms with Crippen molar-refractivity contribution in [2.45, 2.75) is 37.1 Å². The van der Waals surface area contributed by atoms with Crippen molar-refractivity contribution < 1.29 is 9.90 Å².